The highest BCUT2D eigenvalue weighted by Crippen LogP contribution is 2.54. The lowest BCUT2D eigenvalue weighted by Gasteiger charge is -2.16. The lowest BCUT2D eigenvalue weighted by molar-refractivity contribution is -0.150. The second-order valence-corrected chi connectivity index (χ2v) is 8.49. The minimum Gasteiger partial charge on any atom is -0.462 e. The van der Waals surface area contributed by atoms with Crippen LogP contribution in [0.4, 0.5) is 35.1 Å². The number of nitriles is 1. The van der Waals surface area contributed by atoms with E-state index in [9.17, 15) is 45.2 Å². The Morgan fingerprint density at radius 1 is 0.795 bits per heavy atom. The fraction of sp³-hybridized carbons (Fsp3) is 0.148. The van der Waals surface area contributed by atoms with E-state index in [0.29, 0.717) is 0 Å². The molecule has 198 valence electrons. The maximum absolute atomic E-state index is 14.3. The molecule has 0 spiro atoms. The molecule has 4 nitrogen and oxygen atoms in total. The summed E-state index contributed by atoms with van der Waals surface area (Å²) in [7, 11) is 0. The Hall–Kier alpha value is -4.53. The molecule has 2 aliphatic rings. The summed E-state index contributed by atoms with van der Waals surface area (Å²) in [5.41, 5.74) is -6.94. The van der Waals surface area contributed by atoms with Gasteiger partial charge in [0, 0.05) is 27.8 Å². The average molecular weight is 548 g/mol. The van der Waals surface area contributed by atoms with Crippen molar-refractivity contribution in [1.29, 1.82) is 5.26 Å². The summed E-state index contributed by atoms with van der Waals surface area (Å²) in [5, 5.41) is 9.37. The van der Waals surface area contributed by atoms with E-state index in [1.165, 1.54) is 6.92 Å². The number of benzene rings is 2. The molecule has 0 amide bonds. The van der Waals surface area contributed by atoms with E-state index in [2.05, 4.69) is 9.72 Å². The molecule has 39 heavy (non-hydrogen) atoms. The number of alkyl halides is 6. The van der Waals surface area contributed by atoms with Crippen molar-refractivity contribution in [2.75, 3.05) is 6.61 Å². The first-order chi connectivity index (χ1) is 18.3. The molecular formula is C27H12F8N2O2. The largest absolute Gasteiger partial charge is 0.462 e. The van der Waals surface area contributed by atoms with Crippen LogP contribution in [0.1, 0.15) is 29.3 Å². The summed E-state index contributed by atoms with van der Waals surface area (Å²) in [5.74, 6) is -3.60. The standard InChI is InChI=1S/C27H12F8N2O2/c1-2-39-25(38)22(27(33,34)35)20-16-8-12(29)4-6-14(16)23-18(20)9-17-13-5-3-11(28)7-15(13)21(24(17)37-23)19(10-36)26(30,31)32/h3-9H,2H2,1H3/b21-19-,22-20+. The number of ether oxygens (including phenoxy) is 1. The first-order valence-electron chi connectivity index (χ1n) is 11.1. The van der Waals surface area contributed by atoms with Crippen LogP contribution in [-0.2, 0) is 9.53 Å². The number of nitrogens with zero attached hydrogens (tertiary/aromatic N) is 2. The number of fused-ring (bicyclic) bond motifs is 6. The zero-order valence-electron chi connectivity index (χ0n) is 19.5. The maximum Gasteiger partial charge on any atom is 0.426 e. The molecule has 0 saturated heterocycles. The Bertz CT molecular complexity index is 1690. The molecule has 0 aliphatic heterocycles. The molecule has 2 aliphatic carbocycles. The topological polar surface area (TPSA) is 63.0 Å². The zero-order valence-corrected chi connectivity index (χ0v) is 19.5. The van der Waals surface area contributed by atoms with Gasteiger partial charge >= 0.3 is 18.3 Å². The lowest BCUT2D eigenvalue weighted by Crippen LogP contribution is -2.24. The van der Waals surface area contributed by atoms with E-state index in [1.807, 2.05) is 0 Å². The van der Waals surface area contributed by atoms with Gasteiger partial charge in [0.2, 0.25) is 0 Å². The summed E-state index contributed by atoms with van der Waals surface area (Å²) in [6.07, 6.45) is -10.4. The highest BCUT2D eigenvalue weighted by molar-refractivity contribution is 6.12. The van der Waals surface area contributed by atoms with Crippen LogP contribution in [0.5, 0.6) is 0 Å². The van der Waals surface area contributed by atoms with Gasteiger partial charge in [0.05, 0.1) is 18.0 Å². The molecule has 0 atom stereocenters. The minimum atomic E-state index is -5.28. The summed E-state index contributed by atoms with van der Waals surface area (Å²) in [4.78, 5) is 16.7. The highest BCUT2D eigenvalue weighted by Gasteiger charge is 2.47. The van der Waals surface area contributed by atoms with Gasteiger partial charge < -0.3 is 4.74 Å². The number of allylic oxidation sites excluding steroid dienone is 1. The van der Waals surface area contributed by atoms with Crippen molar-refractivity contribution >= 4 is 17.1 Å². The molecule has 0 radical (unpaired) electrons. The molecule has 2 aromatic carbocycles. The molecule has 0 unspecified atom stereocenters. The third-order valence-electron chi connectivity index (χ3n) is 6.23. The van der Waals surface area contributed by atoms with E-state index in [1.54, 1.807) is 0 Å². The predicted octanol–water partition coefficient (Wildman–Crippen LogP) is 7.14. The smallest absolute Gasteiger partial charge is 0.426 e. The number of hydrogen-bond donors (Lipinski definition) is 0. The fourth-order valence-corrected chi connectivity index (χ4v) is 4.81. The Morgan fingerprint density at radius 2 is 1.38 bits per heavy atom. The van der Waals surface area contributed by atoms with Crippen molar-refractivity contribution in [3.8, 4) is 28.5 Å². The van der Waals surface area contributed by atoms with Crippen molar-refractivity contribution in [1.82, 2.24) is 4.98 Å². The van der Waals surface area contributed by atoms with Crippen LogP contribution < -0.4 is 0 Å². The van der Waals surface area contributed by atoms with Gasteiger partial charge in [-0.2, -0.15) is 31.6 Å². The van der Waals surface area contributed by atoms with Gasteiger partial charge in [-0.25, -0.2) is 18.6 Å². The second-order valence-electron chi connectivity index (χ2n) is 8.49. The summed E-state index contributed by atoms with van der Waals surface area (Å²) < 4.78 is 117. The monoisotopic (exact) mass is 548 g/mol. The summed E-state index contributed by atoms with van der Waals surface area (Å²) in [6.45, 7) is 0.886. The second kappa shape index (κ2) is 8.76. The van der Waals surface area contributed by atoms with E-state index >= 15 is 0 Å². The number of carbonyl (C=O) groups is 1. The molecule has 0 bridgehead atoms. The maximum atomic E-state index is 14.3. The van der Waals surface area contributed by atoms with Crippen LogP contribution in [0, 0.1) is 23.0 Å². The van der Waals surface area contributed by atoms with Crippen molar-refractivity contribution in [2.24, 2.45) is 0 Å². The van der Waals surface area contributed by atoms with E-state index in [-0.39, 0.29) is 39.1 Å². The fourth-order valence-electron chi connectivity index (χ4n) is 4.81. The lowest BCUT2D eigenvalue weighted by atomic mass is 9.96. The van der Waals surface area contributed by atoms with E-state index in [4.69, 9.17) is 0 Å². The number of esters is 1. The zero-order chi connectivity index (χ0) is 28.4. The van der Waals surface area contributed by atoms with E-state index in [0.717, 1.165) is 48.5 Å². The van der Waals surface area contributed by atoms with Gasteiger partial charge in [-0.05, 0) is 60.0 Å². The van der Waals surface area contributed by atoms with Crippen molar-refractivity contribution in [3.63, 3.8) is 0 Å². The molecule has 1 heterocycles. The average Bonchev–Trinajstić information content (AvgIpc) is 3.29. The number of halogens is 8. The number of aromatic nitrogens is 1. The third-order valence-corrected chi connectivity index (χ3v) is 6.23. The summed E-state index contributed by atoms with van der Waals surface area (Å²) >= 11 is 0. The molecule has 0 saturated carbocycles. The Morgan fingerprint density at radius 3 is 1.92 bits per heavy atom. The van der Waals surface area contributed by atoms with Crippen LogP contribution in [0.3, 0.4) is 0 Å². The van der Waals surface area contributed by atoms with Crippen molar-refractivity contribution in [2.45, 2.75) is 19.3 Å². The number of carbonyl (C=O) groups excluding carboxylic acids is 1. The van der Waals surface area contributed by atoms with Crippen LogP contribution in [0.2, 0.25) is 0 Å². The van der Waals surface area contributed by atoms with Crippen LogP contribution in [0.15, 0.2) is 53.6 Å². The number of hydrogen-bond acceptors (Lipinski definition) is 4. The van der Waals surface area contributed by atoms with Crippen molar-refractivity contribution in [3.05, 3.63) is 87.6 Å². The summed E-state index contributed by atoms with van der Waals surface area (Å²) in [6, 6.07) is 7.69. The molecule has 3 aromatic rings. The van der Waals surface area contributed by atoms with Gasteiger partial charge in [-0.1, -0.05) is 6.07 Å². The van der Waals surface area contributed by atoms with Gasteiger partial charge in [0.1, 0.15) is 28.8 Å². The first kappa shape index (κ1) is 26.1. The Labute approximate surface area is 214 Å². The first-order valence-corrected chi connectivity index (χ1v) is 11.1. The molecule has 1 aromatic heterocycles. The number of pyridine rings is 1. The molecule has 0 fully saturated rings. The predicted molar refractivity (Wildman–Crippen MR) is 121 cm³/mol. The van der Waals surface area contributed by atoms with Crippen LogP contribution in [0.25, 0.3) is 33.5 Å². The quantitative estimate of drug-likeness (QED) is 0.102. The Balaban J connectivity index is 1.95. The minimum absolute atomic E-state index is 0.0279. The third kappa shape index (κ3) is 4.05. The molecule has 12 heteroatoms. The highest BCUT2D eigenvalue weighted by atomic mass is 19.4. The SMILES string of the molecule is CCOC(=O)/C(=C1/c2cc(F)ccc2-c2nc3c(cc21)-c1ccc(F)cc1/C3=C(\C#N)C(F)(F)F)C(F)(F)F. The molecular weight excluding hydrogens is 536 g/mol. The normalized spacial score (nSPS) is 16.1. The Kier molecular flexibility index (Phi) is 5.86. The van der Waals surface area contributed by atoms with Crippen molar-refractivity contribution < 1.29 is 44.7 Å². The number of rotatable bonds is 2. The molecule has 0 N–H and O–H groups in total. The van der Waals surface area contributed by atoms with Crippen LogP contribution >= 0.6 is 0 Å². The van der Waals surface area contributed by atoms with Gasteiger partial charge in [-0.3, -0.25) is 0 Å². The van der Waals surface area contributed by atoms with Gasteiger partial charge in [0.25, 0.3) is 0 Å². The van der Waals surface area contributed by atoms with Gasteiger partial charge in [-0.15, -0.1) is 0 Å². The van der Waals surface area contributed by atoms with Gasteiger partial charge in [0.15, 0.2) is 0 Å². The van der Waals surface area contributed by atoms with E-state index < -0.39 is 64.5 Å². The molecule has 5 rings (SSSR count). The van der Waals surface area contributed by atoms with Crippen LogP contribution in [-0.4, -0.2) is 29.9 Å².